The number of hydrogen-bond donors (Lipinski definition) is 2. The summed E-state index contributed by atoms with van der Waals surface area (Å²) in [5, 5.41) is 17.4. The van der Waals surface area contributed by atoms with Crippen LogP contribution in [0.1, 0.15) is 26.5 Å². The Labute approximate surface area is 118 Å². The third-order valence-electron chi connectivity index (χ3n) is 3.00. The first-order valence-corrected chi connectivity index (χ1v) is 6.75. The summed E-state index contributed by atoms with van der Waals surface area (Å²) in [6.07, 6.45) is 2.77. The fourth-order valence-electron chi connectivity index (χ4n) is 2.01. The number of nitrogens with one attached hydrogen (secondary N) is 1. The number of aryl methyl sites for hydroxylation is 1. The third-order valence-corrected chi connectivity index (χ3v) is 3.00. The highest BCUT2D eigenvalue weighted by Gasteiger charge is 2.14. The van der Waals surface area contributed by atoms with Gasteiger partial charge in [0.1, 0.15) is 5.52 Å². The molecule has 0 aliphatic carbocycles. The lowest BCUT2D eigenvalue weighted by molar-refractivity contribution is 0.141. The van der Waals surface area contributed by atoms with Crippen LogP contribution in [0.25, 0.3) is 5.52 Å². The van der Waals surface area contributed by atoms with Crippen LogP contribution < -0.4 is 10.9 Å². The molecule has 0 aliphatic heterocycles. The van der Waals surface area contributed by atoms with Gasteiger partial charge in [0.2, 0.25) is 0 Å². The van der Waals surface area contributed by atoms with E-state index in [2.05, 4.69) is 10.4 Å². The van der Waals surface area contributed by atoms with Gasteiger partial charge in [0.25, 0.3) is 5.56 Å². The summed E-state index contributed by atoms with van der Waals surface area (Å²) < 4.78 is 3.08. The number of aliphatic hydroxyl groups is 1. The topological polar surface area (TPSA) is 71.6 Å². The van der Waals surface area contributed by atoms with E-state index >= 15 is 0 Å². The molecule has 20 heavy (non-hydrogen) atoms. The molecule has 0 amide bonds. The van der Waals surface area contributed by atoms with Crippen LogP contribution in [0.2, 0.25) is 0 Å². The van der Waals surface area contributed by atoms with Gasteiger partial charge < -0.3 is 15.0 Å². The van der Waals surface area contributed by atoms with Gasteiger partial charge in [-0.15, -0.1) is 0 Å². The Balaban J connectivity index is 2.13. The van der Waals surface area contributed by atoms with Crippen molar-refractivity contribution in [2.45, 2.75) is 45.9 Å². The van der Waals surface area contributed by atoms with Gasteiger partial charge in [-0.25, -0.2) is 4.52 Å². The van der Waals surface area contributed by atoms with Gasteiger partial charge in [-0.3, -0.25) is 4.79 Å². The molecule has 0 aromatic carbocycles. The van der Waals surface area contributed by atoms with Crippen LogP contribution in [0, 0.1) is 6.92 Å². The first-order valence-electron chi connectivity index (χ1n) is 6.75. The largest absolute Gasteiger partial charge is 0.390 e. The second-order valence-electron chi connectivity index (χ2n) is 6.16. The van der Waals surface area contributed by atoms with Crippen molar-refractivity contribution in [3.63, 3.8) is 0 Å². The second kappa shape index (κ2) is 5.38. The SMILES string of the molecule is Cc1cc2c(=O)n(CC(O)CNC(C)(C)C)ccn2n1. The number of fused-ring (bicyclic) bond motifs is 1. The third kappa shape index (κ3) is 3.46. The maximum Gasteiger partial charge on any atom is 0.276 e. The van der Waals surface area contributed by atoms with E-state index in [1.807, 2.05) is 27.7 Å². The molecule has 1 unspecified atom stereocenters. The van der Waals surface area contributed by atoms with Gasteiger partial charge in [-0.1, -0.05) is 0 Å². The number of aromatic nitrogens is 3. The summed E-state index contributed by atoms with van der Waals surface area (Å²) in [5.41, 5.74) is 1.14. The Kier molecular flexibility index (Phi) is 3.96. The van der Waals surface area contributed by atoms with Crippen LogP contribution in [-0.2, 0) is 6.54 Å². The maximum atomic E-state index is 12.2. The molecule has 0 saturated carbocycles. The minimum absolute atomic E-state index is 0.0571. The molecule has 0 saturated heterocycles. The molecule has 2 aromatic heterocycles. The Hall–Kier alpha value is -1.66. The second-order valence-corrected chi connectivity index (χ2v) is 6.16. The molecular formula is C14H22N4O2. The highest BCUT2D eigenvalue weighted by Crippen LogP contribution is 2.02. The predicted octanol–water partition coefficient (Wildman–Crippen LogP) is 0.553. The molecule has 2 heterocycles. The van der Waals surface area contributed by atoms with E-state index in [1.54, 1.807) is 23.0 Å². The molecule has 110 valence electrons. The first-order chi connectivity index (χ1) is 9.26. The quantitative estimate of drug-likeness (QED) is 0.857. The van der Waals surface area contributed by atoms with Gasteiger partial charge in [-0.05, 0) is 33.8 Å². The van der Waals surface area contributed by atoms with Crippen molar-refractivity contribution in [2.24, 2.45) is 0 Å². The molecule has 2 aromatic rings. The van der Waals surface area contributed by atoms with Crippen LogP contribution in [0.3, 0.4) is 0 Å². The zero-order valence-electron chi connectivity index (χ0n) is 12.4. The fraction of sp³-hybridized carbons (Fsp3) is 0.571. The van der Waals surface area contributed by atoms with Crippen LogP contribution in [-0.4, -0.2) is 37.5 Å². The average molecular weight is 278 g/mol. The zero-order chi connectivity index (χ0) is 14.9. The summed E-state index contributed by atoms with van der Waals surface area (Å²) in [4.78, 5) is 12.2. The van der Waals surface area contributed by atoms with E-state index in [1.165, 1.54) is 4.57 Å². The van der Waals surface area contributed by atoms with Crippen molar-refractivity contribution < 1.29 is 5.11 Å². The molecule has 0 radical (unpaired) electrons. The monoisotopic (exact) mass is 278 g/mol. The minimum atomic E-state index is -0.613. The normalized spacial score (nSPS) is 13.8. The lowest BCUT2D eigenvalue weighted by Gasteiger charge is -2.23. The Morgan fingerprint density at radius 1 is 1.40 bits per heavy atom. The van der Waals surface area contributed by atoms with Gasteiger partial charge in [0.05, 0.1) is 18.3 Å². The Morgan fingerprint density at radius 3 is 2.75 bits per heavy atom. The van der Waals surface area contributed by atoms with Crippen molar-refractivity contribution in [1.29, 1.82) is 0 Å². The van der Waals surface area contributed by atoms with Crippen LogP contribution >= 0.6 is 0 Å². The number of hydrogen-bond acceptors (Lipinski definition) is 4. The average Bonchev–Trinajstić information content (AvgIpc) is 2.71. The van der Waals surface area contributed by atoms with E-state index in [9.17, 15) is 9.90 Å². The molecule has 2 rings (SSSR count). The van der Waals surface area contributed by atoms with Gasteiger partial charge in [0, 0.05) is 24.5 Å². The van der Waals surface area contributed by atoms with E-state index in [4.69, 9.17) is 0 Å². The summed E-state index contributed by atoms with van der Waals surface area (Å²) >= 11 is 0. The highest BCUT2D eigenvalue weighted by molar-refractivity contribution is 5.44. The standard InChI is InChI=1S/C14H22N4O2/c1-10-7-12-13(20)17(5-6-18(12)16-10)9-11(19)8-15-14(2,3)4/h5-7,11,15,19H,8-9H2,1-4H3. The molecule has 0 fully saturated rings. The van der Waals surface area contributed by atoms with Gasteiger partial charge in [-0.2, -0.15) is 5.10 Å². The lowest BCUT2D eigenvalue weighted by Crippen LogP contribution is -2.42. The molecule has 0 bridgehead atoms. The van der Waals surface area contributed by atoms with Gasteiger partial charge >= 0.3 is 0 Å². The molecule has 1 atom stereocenters. The molecule has 6 heteroatoms. The summed E-state index contributed by atoms with van der Waals surface area (Å²) in [6, 6.07) is 1.75. The fourth-order valence-corrected chi connectivity index (χ4v) is 2.01. The summed E-state index contributed by atoms with van der Waals surface area (Å²) in [6.45, 7) is 8.66. The summed E-state index contributed by atoms with van der Waals surface area (Å²) in [5.74, 6) is 0. The van der Waals surface area contributed by atoms with Crippen molar-refractivity contribution in [3.8, 4) is 0 Å². The van der Waals surface area contributed by atoms with Gasteiger partial charge in [0.15, 0.2) is 0 Å². The van der Waals surface area contributed by atoms with Crippen molar-refractivity contribution in [2.75, 3.05) is 6.54 Å². The number of rotatable bonds is 4. The molecule has 2 N–H and O–H groups in total. The van der Waals surface area contributed by atoms with Crippen LogP contribution in [0.15, 0.2) is 23.3 Å². The molecule has 6 nitrogen and oxygen atoms in total. The van der Waals surface area contributed by atoms with E-state index < -0.39 is 6.10 Å². The van der Waals surface area contributed by atoms with E-state index in [0.717, 1.165) is 5.69 Å². The Bertz CT molecular complexity index is 651. The van der Waals surface area contributed by atoms with Crippen LogP contribution in [0.5, 0.6) is 0 Å². The molecular weight excluding hydrogens is 256 g/mol. The van der Waals surface area contributed by atoms with Crippen molar-refractivity contribution in [1.82, 2.24) is 19.5 Å². The number of β-amino-alcohol motifs (C(OH)–C–C–N with tert-alkyl or cyclic N) is 1. The predicted molar refractivity (Wildman–Crippen MR) is 78.0 cm³/mol. The van der Waals surface area contributed by atoms with Crippen LogP contribution in [0.4, 0.5) is 0 Å². The maximum absolute atomic E-state index is 12.2. The van der Waals surface area contributed by atoms with E-state index in [-0.39, 0.29) is 17.6 Å². The summed E-state index contributed by atoms with van der Waals surface area (Å²) in [7, 11) is 0. The Morgan fingerprint density at radius 2 is 2.10 bits per heavy atom. The molecule has 0 spiro atoms. The number of nitrogens with zero attached hydrogens (tertiary/aromatic N) is 3. The first kappa shape index (κ1) is 14.7. The lowest BCUT2D eigenvalue weighted by atomic mass is 10.1. The van der Waals surface area contributed by atoms with Crippen molar-refractivity contribution >= 4 is 5.52 Å². The minimum Gasteiger partial charge on any atom is -0.390 e. The molecule has 0 aliphatic rings. The van der Waals surface area contributed by atoms with E-state index in [0.29, 0.717) is 12.1 Å². The van der Waals surface area contributed by atoms with Crippen molar-refractivity contribution in [3.05, 3.63) is 34.5 Å². The number of aliphatic hydroxyl groups excluding tert-OH is 1. The highest BCUT2D eigenvalue weighted by atomic mass is 16.3. The smallest absolute Gasteiger partial charge is 0.276 e. The zero-order valence-corrected chi connectivity index (χ0v) is 12.4.